The van der Waals surface area contributed by atoms with Gasteiger partial charge in [0.25, 0.3) is 0 Å². The molecule has 0 spiro atoms. The lowest BCUT2D eigenvalue weighted by Crippen LogP contribution is -2.41. The Morgan fingerprint density at radius 1 is 1.44 bits per heavy atom. The summed E-state index contributed by atoms with van der Waals surface area (Å²) in [6, 6.07) is 0.574. The van der Waals surface area contributed by atoms with E-state index in [9.17, 15) is 0 Å². The molecule has 0 amide bonds. The first-order valence-electron chi connectivity index (χ1n) is 6.95. The van der Waals surface area contributed by atoms with E-state index in [1.54, 1.807) is 0 Å². The fraction of sp³-hybridized carbons (Fsp3) is 0.786. The quantitative estimate of drug-likeness (QED) is 0.893. The standard InChI is InChI=1S/C14H25N3O/c1-10(2)13-8-17(7-5-6-15-13)9-14-16-11(3)12(4)18-14/h10,13,15H,5-9H2,1-4H3. The van der Waals surface area contributed by atoms with Gasteiger partial charge < -0.3 is 9.73 Å². The number of nitrogens with zero attached hydrogens (tertiary/aromatic N) is 2. The SMILES string of the molecule is Cc1nc(CN2CCCNC(C(C)C)C2)oc1C. The summed E-state index contributed by atoms with van der Waals surface area (Å²) in [7, 11) is 0. The lowest BCUT2D eigenvalue weighted by Gasteiger charge is -2.25. The summed E-state index contributed by atoms with van der Waals surface area (Å²) < 4.78 is 5.68. The second kappa shape index (κ2) is 5.85. The van der Waals surface area contributed by atoms with Gasteiger partial charge in [0.15, 0.2) is 0 Å². The van der Waals surface area contributed by atoms with Crippen LogP contribution in [-0.2, 0) is 6.54 Å². The maximum Gasteiger partial charge on any atom is 0.208 e. The molecule has 4 heteroatoms. The van der Waals surface area contributed by atoms with E-state index in [0.717, 1.165) is 43.5 Å². The molecule has 0 aromatic carbocycles. The van der Waals surface area contributed by atoms with Crippen molar-refractivity contribution in [3.05, 3.63) is 17.3 Å². The molecule has 1 aliphatic rings. The summed E-state index contributed by atoms with van der Waals surface area (Å²) >= 11 is 0. The Morgan fingerprint density at radius 2 is 2.22 bits per heavy atom. The van der Waals surface area contributed by atoms with Gasteiger partial charge in [-0.1, -0.05) is 13.8 Å². The van der Waals surface area contributed by atoms with Gasteiger partial charge in [-0.15, -0.1) is 0 Å². The lowest BCUT2D eigenvalue weighted by molar-refractivity contribution is 0.217. The molecule has 1 unspecified atom stereocenters. The van der Waals surface area contributed by atoms with Gasteiger partial charge in [0.1, 0.15) is 5.76 Å². The predicted octanol–water partition coefficient (Wildman–Crippen LogP) is 2.11. The first kappa shape index (κ1) is 13.6. The molecule has 2 rings (SSSR count). The molecule has 4 nitrogen and oxygen atoms in total. The number of hydrogen-bond donors (Lipinski definition) is 1. The first-order chi connectivity index (χ1) is 8.56. The molecule has 0 aliphatic carbocycles. The van der Waals surface area contributed by atoms with E-state index < -0.39 is 0 Å². The van der Waals surface area contributed by atoms with Crippen LogP contribution in [0.3, 0.4) is 0 Å². The number of oxazole rings is 1. The Kier molecular flexibility index (Phi) is 4.40. The van der Waals surface area contributed by atoms with Crippen molar-refractivity contribution in [1.82, 2.24) is 15.2 Å². The number of rotatable bonds is 3. The van der Waals surface area contributed by atoms with Crippen molar-refractivity contribution >= 4 is 0 Å². The maximum absolute atomic E-state index is 5.68. The number of aryl methyl sites for hydroxylation is 2. The summed E-state index contributed by atoms with van der Waals surface area (Å²) in [5, 5.41) is 3.62. The van der Waals surface area contributed by atoms with Crippen LogP contribution in [0.1, 0.15) is 37.6 Å². The fourth-order valence-corrected chi connectivity index (χ4v) is 2.41. The van der Waals surface area contributed by atoms with E-state index in [-0.39, 0.29) is 0 Å². The molecule has 2 heterocycles. The zero-order chi connectivity index (χ0) is 13.1. The molecule has 1 aliphatic heterocycles. The van der Waals surface area contributed by atoms with E-state index in [1.807, 2.05) is 13.8 Å². The van der Waals surface area contributed by atoms with Gasteiger partial charge >= 0.3 is 0 Å². The Labute approximate surface area is 110 Å². The molecule has 1 aromatic heterocycles. The van der Waals surface area contributed by atoms with Crippen LogP contribution < -0.4 is 5.32 Å². The third-order valence-electron chi connectivity index (χ3n) is 3.75. The van der Waals surface area contributed by atoms with Crippen LogP contribution in [0.2, 0.25) is 0 Å². The maximum atomic E-state index is 5.68. The van der Waals surface area contributed by atoms with Gasteiger partial charge in [-0.3, -0.25) is 4.90 Å². The van der Waals surface area contributed by atoms with E-state index in [2.05, 4.69) is 29.0 Å². The molecule has 1 saturated heterocycles. The van der Waals surface area contributed by atoms with Crippen LogP contribution in [0.4, 0.5) is 0 Å². The Balaban J connectivity index is 1.98. The highest BCUT2D eigenvalue weighted by molar-refractivity contribution is 5.05. The number of hydrogen-bond acceptors (Lipinski definition) is 4. The second-order valence-electron chi connectivity index (χ2n) is 5.64. The Bertz CT molecular complexity index is 367. The molecule has 0 radical (unpaired) electrons. The molecule has 1 aromatic rings. The molecule has 18 heavy (non-hydrogen) atoms. The zero-order valence-electron chi connectivity index (χ0n) is 12.0. The number of nitrogens with one attached hydrogen (secondary N) is 1. The highest BCUT2D eigenvalue weighted by Crippen LogP contribution is 2.14. The van der Waals surface area contributed by atoms with E-state index in [1.165, 1.54) is 6.42 Å². The minimum atomic E-state index is 0.574. The first-order valence-corrected chi connectivity index (χ1v) is 6.95. The monoisotopic (exact) mass is 251 g/mol. The molecule has 1 N–H and O–H groups in total. The van der Waals surface area contributed by atoms with Crippen LogP contribution in [0.5, 0.6) is 0 Å². The third kappa shape index (κ3) is 3.33. The molecule has 1 fully saturated rings. The molecule has 102 valence electrons. The number of aromatic nitrogens is 1. The van der Waals surface area contributed by atoms with Crippen molar-refractivity contribution < 1.29 is 4.42 Å². The third-order valence-corrected chi connectivity index (χ3v) is 3.75. The highest BCUT2D eigenvalue weighted by atomic mass is 16.4. The molecule has 0 saturated carbocycles. The van der Waals surface area contributed by atoms with Crippen molar-refractivity contribution in [3.8, 4) is 0 Å². The van der Waals surface area contributed by atoms with Gasteiger partial charge in [-0.05, 0) is 39.3 Å². The van der Waals surface area contributed by atoms with Gasteiger partial charge in [0.2, 0.25) is 5.89 Å². The van der Waals surface area contributed by atoms with Crippen LogP contribution in [-0.4, -0.2) is 35.6 Å². The van der Waals surface area contributed by atoms with E-state index in [4.69, 9.17) is 4.42 Å². The summed E-state index contributed by atoms with van der Waals surface area (Å²) in [6.45, 7) is 12.7. The second-order valence-corrected chi connectivity index (χ2v) is 5.64. The van der Waals surface area contributed by atoms with Gasteiger partial charge in [0, 0.05) is 12.6 Å². The largest absolute Gasteiger partial charge is 0.444 e. The average Bonchev–Trinajstić information content (AvgIpc) is 2.54. The Morgan fingerprint density at radius 3 is 2.83 bits per heavy atom. The average molecular weight is 251 g/mol. The zero-order valence-corrected chi connectivity index (χ0v) is 12.0. The highest BCUT2D eigenvalue weighted by Gasteiger charge is 2.21. The summed E-state index contributed by atoms with van der Waals surface area (Å²) in [5.41, 5.74) is 1.01. The Hall–Kier alpha value is -0.870. The van der Waals surface area contributed by atoms with Crippen LogP contribution in [0.15, 0.2) is 4.42 Å². The molecule has 0 bridgehead atoms. The normalized spacial score (nSPS) is 22.4. The van der Waals surface area contributed by atoms with Crippen molar-refractivity contribution in [2.75, 3.05) is 19.6 Å². The minimum Gasteiger partial charge on any atom is -0.444 e. The topological polar surface area (TPSA) is 41.3 Å². The molecular weight excluding hydrogens is 226 g/mol. The van der Waals surface area contributed by atoms with Crippen LogP contribution >= 0.6 is 0 Å². The molecule has 1 atom stereocenters. The minimum absolute atomic E-state index is 0.574. The summed E-state index contributed by atoms with van der Waals surface area (Å²) in [5.74, 6) is 2.46. The van der Waals surface area contributed by atoms with Crippen LogP contribution in [0, 0.1) is 19.8 Å². The fourth-order valence-electron chi connectivity index (χ4n) is 2.41. The van der Waals surface area contributed by atoms with Crippen molar-refractivity contribution in [2.45, 2.75) is 46.7 Å². The van der Waals surface area contributed by atoms with Crippen molar-refractivity contribution in [1.29, 1.82) is 0 Å². The lowest BCUT2D eigenvalue weighted by atomic mass is 10.0. The van der Waals surface area contributed by atoms with Gasteiger partial charge in [-0.2, -0.15) is 0 Å². The predicted molar refractivity (Wildman–Crippen MR) is 72.5 cm³/mol. The molecular formula is C14H25N3O. The smallest absolute Gasteiger partial charge is 0.208 e. The summed E-state index contributed by atoms with van der Waals surface area (Å²) in [4.78, 5) is 6.93. The summed E-state index contributed by atoms with van der Waals surface area (Å²) in [6.07, 6.45) is 1.20. The van der Waals surface area contributed by atoms with Crippen LogP contribution in [0.25, 0.3) is 0 Å². The van der Waals surface area contributed by atoms with Gasteiger partial charge in [-0.25, -0.2) is 4.98 Å². The van der Waals surface area contributed by atoms with E-state index in [0.29, 0.717) is 12.0 Å². The van der Waals surface area contributed by atoms with Crippen molar-refractivity contribution in [3.63, 3.8) is 0 Å². The van der Waals surface area contributed by atoms with E-state index >= 15 is 0 Å². The van der Waals surface area contributed by atoms with Crippen molar-refractivity contribution in [2.24, 2.45) is 5.92 Å². The van der Waals surface area contributed by atoms with Gasteiger partial charge in [0.05, 0.1) is 12.2 Å².